The van der Waals surface area contributed by atoms with Gasteiger partial charge < -0.3 is 31.5 Å². The molecule has 1 heterocycles. The van der Waals surface area contributed by atoms with Crippen LogP contribution in [0, 0.1) is 5.92 Å². The maximum absolute atomic E-state index is 12.7. The van der Waals surface area contributed by atoms with Crippen LogP contribution in [-0.2, 0) is 24.0 Å². The number of rotatable bonds is 9. The van der Waals surface area contributed by atoms with E-state index in [0.717, 1.165) is 0 Å². The molecule has 11 heteroatoms. The molecule has 158 valence electrons. The molecule has 0 radical (unpaired) electrons. The van der Waals surface area contributed by atoms with E-state index in [1.54, 1.807) is 13.8 Å². The minimum Gasteiger partial charge on any atom is -0.481 e. The Morgan fingerprint density at radius 2 is 1.71 bits per heavy atom. The zero-order valence-electron chi connectivity index (χ0n) is 16.2. The zero-order chi connectivity index (χ0) is 21.6. The fourth-order valence-corrected chi connectivity index (χ4v) is 2.87. The van der Waals surface area contributed by atoms with Crippen LogP contribution >= 0.6 is 0 Å². The topological polar surface area (TPSA) is 179 Å². The third kappa shape index (κ3) is 6.19. The van der Waals surface area contributed by atoms with Crippen LogP contribution in [0.4, 0.5) is 0 Å². The van der Waals surface area contributed by atoms with Crippen molar-refractivity contribution >= 4 is 29.7 Å². The molecule has 4 atom stereocenters. The number of likely N-dealkylation sites (tertiary alicyclic amines) is 1. The van der Waals surface area contributed by atoms with Crippen molar-refractivity contribution in [3.8, 4) is 0 Å². The lowest BCUT2D eigenvalue weighted by Crippen LogP contribution is -2.56. The van der Waals surface area contributed by atoms with E-state index in [4.69, 9.17) is 15.9 Å². The largest absolute Gasteiger partial charge is 0.481 e. The highest BCUT2D eigenvalue weighted by Gasteiger charge is 2.38. The lowest BCUT2D eigenvalue weighted by atomic mass is 10.0. The number of nitrogens with one attached hydrogen (secondary N) is 2. The van der Waals surface area contributed by atoms with Crippen molar-refractivity contribution in [2.45, 2.75) is 64.2 Å². The van der Waals surface area contributed by atoms with Crippen LogP contribution in [0.15, 0.2) is 0 Å². The summed E-state index contributed by atoms with van der Waals surface area (Å²) in [5.74, 6) is -4.68. The van der Waals surface area contributed by atoms with Crippen molar-refractivity contribution in [3.05, 3.63) is 0 Å². The third-order valence-electron chi connectivity index (χ3n) is 4.58. The SMILES string of the molecule is CC(C)[C@H](N)C(=O)N[C@@H](C)C(=O)N1CCC[C@H]1C(=O)N[C@@H](CC(=O)O)C(=O)O. The van der Waals surface area contributed by atoms with Crippen molar-refractivity contribution in [2.24, 2.45) is 11.7 Å². The fraction of sp³-hybridized carbons (Fsp3) is 0.706. The highest BCUT2D eigenvalue weighted by atomic mass is 16.4. The number of amides is 3. The van der Waals surface area contributed by atoms with E-state index >= 15 is 0 Å². The van der Waals surface area contributed by atoms with Gasteiger partial charge in [-0.1, -0.05) is 13.8 Å². The minimum atomic E-state index is -1.59. The lowest BCUT2D eigenvalue weighted by Gasteiger charge is -2.28. The number of hydrogen-bond acceptors (Lipinski definition) is 6. The molecule has 1 saturated heterocycles. The molecule has 1 fully saturated rings. The van der Waals surface area contributed by atoms with E-state index in [1.165, 1.54) is 11.8 Å². The highest BCUT2D eigenvalue weighted by Crippen LogP contribution is 2.19. The summed E-state index contributed by atoms with van der Waals surface area (Å²) in [7, 11) is 0. The predicted molar refractivity (Wildman–Crippen MR) is 97.0 cm³/mol. The van der Waals surface area contributed by atoms with E-state index in [-0.39, 0.29) is 12.5 Å². The van der Waals surface area contributed by atoms with Gasteiger partial charge in [0.1, 0.15) is 18.1 Å². The molecular weight excluding hydrogens is 372 g/mol. The Morgan fingerprint density at radius 3 is 2.21 bits per heavy atom. The Kier molecular flexibility index (Phi) is 8.35. The van der Waals surface area contributed by atoms with Gasteiger partial charge in [0.15, 0.2) is 0 Å². The highest BCUT2D eigenvalue weighted by molar-refractivity contribution is 5.94. The van der Waals surface area contributed by atoms with Crippen molar-refractivity contribution in [1.82, 2.24) is 15.5 Å². The normalized spacial score (nSPS) is 19.6. The lowest BCUT2D eigenvalue weighted by molar-refractivity contribution is -0.148. The number of nitrogens with zero attached hydrogens (tertiary/aromatic N) is 1. The first kappa shape index (κ1) is 23.3. The molecule has 0 bridgehead atoms. The van der Waals surface area contributed by atoms with Gasteiger partial charge in [-0.25, -0.2) is 4.79 Å². The van der Waals surface area contributed by atoms with Crippen LogP contribution in [0.1, 0.15) is 40.0 Å². The summed E-state index contributed by atoms with van der Waals surface area (Å²) < 4.78 is 0. The number of carbonyl (C=O) groups excluding carboxylic acids is 3. The van der Waals surface area contributed by atoms with Crippen molar-refractivity contribution in [1.29, 1.82) is 0 Å². The van der Waals surface area contributed by atoms with Gasteiger partial charge in [-0.05, 0) is 25.7 Å². The van der Waals surface area contributed by atoms with Crippen molar-refractivity contribution < 1.29 is 34.2 Å². The van der Waals surface area contributed by atoms with Crippen LogP contribution in [-0.4, -0.2) is 75.5 Å². The van der Waals surface area contributed by atoms with E-state index in [9.17, 15) is 24.0 Å². The van der Waals surface area contributed by atoms with Crippen molar-refractivity contribution in [2.75, 3.05) is 6.54 Å². The Morgan fingerprint density at radius 1 is 1.11 bits per heavy atom. The number of hydrogen-bond donors (Lipinski definition) is 5. The Balaban J connectivity index is 2.78. The third-order valence-corrected chi connectivity index (χ3v) is 4.58. The average Bonchev–Trinajstić information content (AvgIpc) is 3.08. The van der Waals surface area contributed by atoms with Gasteiger partial charge in [-0.15, -0.1) is 0 Å². The first-order chi connectivity index (χ1) is 13.0. The first-order valence-corrected chi connectivity index (χ1v) is 9.07. The Labute approximate surface area is 162 Å². The molecule has 3 amide bonds. The summed E-state index contributed by atoms with van der Waals surface area (Å²) in [5, 5.41) is 22.5. The molecule has 0 spiro atoms. The van der Waals surface area contributed by atoms with Gasteiger partial charge in [0.25, 0.3) is 0 Å². The molecular formula is C17H28N4O7. The second kappa shape index (κ2) is 10.0. The fourth-order valence-electron chi connectivity index (χ4n) is 2.87. The Hall–Kier alpha value is -2.69. The smallest absolute Gasteiger partial charge is 0.326 e. The monoisotopic (exact) mass is 400 g/mol. The molecule has 28 heavy (non-hydrogen) atoms. The number of nitrogens with two attached hydrogens (primary N) is 1. The molecule has 0 saturated carbocycles. The van der Waals surface area contributed by atoms with E-state index in [2.05, 4.69) is 10.6 Å². The summed E-state index contributed by atoms with van der Waals surface area (Å²) in [6, 6.07) is -4.22. The van der Waals surface area contributed by atoms with Gasteiger partial charge in [-0.2, -0.15) is 0 Å². The van der Waals surface area contributed by atoms with E-state index in [1.807, 2.05) is 0 Å². The van der Waals surface area contributed by atoms with Gasteiger partial charge in [0.05, 0.1) is 12.5 Å². The second-order valence-electron chi connectivity index (χ2n) is 7.19. The van der Waals surface area contributed by atoms with Crippen molar-refractivity contribution in [3.63, 3.8) is 0 Å². The summed E-state index contributed by atoms with van der Waals surface area (Å²) in [6.07, 6.45) is 0.0527. The summed E-state index contributed by atoms with van der Waals surface area (Å²) in [5.41, 5.74) is 5.76. The molecule has 1 aliphatic heterocycles. The van der Waals surface area contributed by atoms with Gasteiger partial charge >= 0.3 is 11.9 Å². The average molecular weight is 400 g/mol. The van der Waals surface area contributed by atoms with Crippen LogP contribution in [0.2, 0.25) is 0 Å². The van der Waals surface area contributed by atoms with E-state index in [0.29, 0.717) is 12.8 Å². The zero-order valence-corrected chi connectivity index (χ0v) is 16.2. The maximum atomic E-state index is 12.7. The second-order valence-corrected chi connectivity index (χ2v) is 7.19. The minimum absolute atomic E-state index is 0.116. The van der Waals surface area contributed by atoms with Gasteiger partial charge in [0, 0.05) is 6.54 Å². The number of carboxylic acids is 2. The first-order valence-electron chi connectivity index (χ1n) is 9.07. The molecule has 0 aromatic rings. The van der Waals surface area contributed by atoms with Gasteiger partial charge in [0.2, 0.25) is 17.7 Å². The molecule has 6 N–H and O–H groups in total. The molecule has 0 unspecified atom stereocenters. The van der Waals surface area contributed by atoms with E-state index < -0.39 is 60.2 Å². The van der Waals surface area contributed by atoms with Crippen LogP contribution in [0.5, 0.6) is 0 Å². The summed E-state index contributed by atoms with van der Waals surface area (Å²) in [6.45, 7) is 5.29. The number of aliphatic carboxylic acids is 2. The summed E-state index contributed by atoms with van der Waals surface area (Å²) >= 11 is 0. The summed E-state index contributed by atoms with van der Waals surface area (Å²) in [4.78, 5) is 60.3. The molecule has 0 aromatic heterocycles. The molecule has 11 nitrogen and oxygen atoms in total. The molecule has 1 rings (SSSR count). The maximum Gasteiger partial charge on any atom is 0.326 e. The molecule has 1 aliphatic rings. The Bertz CT molecular complexity index is 637. The predicted octanol–water partition coefficient (Wildman–Crippen LogP) is -1.49. The standard InChI is InChI=1S/C17H28N4O7/c1-8(2)13(18)15(25)19-9(3)16(26)21-6-4-5-11(21)14(24)20-10(17(27)28)7-12(22)23/h8-11,13H,4-7,18H2,1-3H3,(H,19,25)(H,20,24)(H,22,23)(H,27,28)/t9-,10-,11-,13-/m0/s1. The number of carbonyl (C=O) groups is 5. The van der Waals surface area contributed by atoms with Crippen LogP contribution in [0.25, 0.3) is 0 Å². The van der Waals surface area contributed by atoms with Crippen LogP contribution < -0.4 is 16.4 Å². The molecule has 0 aliphatic carbocycles. The number of carboxylic acid groups (broad SMARTS) is 2. The quantitative estimate of drug-likeness (QED) is 0.310. The van der Waals surface area contributed by atoms with Crippen LogP contribution in [0.3, 0.4) is 0 Å². The van der Waals surface area contributed by atoms with Gasteiger partial charge in [-0.3, -0.25) is 19.2 Å². The molecule has 0 aromatic carbocycles.